The fourth-order valence-electron chi connectivity index (χ4n) is 3.24. The highest BCUT2D eigenvalue weighted by Crippen LogP contribution is 2.49. The molecule has 1 aliphatic carbocycles. The Hall–Kier alpha value is -0.540. The maximum atomic E-state index is 6.34. The lowest BCUT2D eigenvalue weighted by molar-refractivity contribution is 0.0398. The van der Waals surface area contributed by atoms with Gasteiger partial charge in [0, 0.05) is 36.6 Å². The standard InChI is InChI=1S/C15H23ClN2O/c1-11(2)18-7-5-13(17-18)9-15(10-16)6-8-19-14(15)12-3-4-12/h5,7,11-12,14H,3-4,6,8-10H2,1-2H3. The van der Waals surface area contributed by atoms with E-state index in [0.717, 1.165) is 31.1 Å². The molecule has 1 saturated carbocycles. The molecule has 0 aromatic carbocycles. The fourth-order valence-corrected chi connectivity index (χ4v) is 3.62. The van der Waals surface area contributed by atoms with Gasteiger partial charge in [0.25, 0.3) is 0 Å². The summed E-state index contributed by atoms with van der Waals surface area (Å²) in [7, 11) is 0. The fraction of sp³-hybridized carbons (Fsp3) is 0.800. The molecule has 0 spiro atoms. The van der Waals surface area contributed by atoms with Gasteiger partial charge in [-0.15, -0.1) is 11.6 Å². The number of aromatic nitrogens is 2. The van der Waals surface area contributed by atoms with E-state index in [0.29, 0.717) is 18.0 Å². The molecule has 106 valence electrons. The molecule has 0 amide bonds. The van der Waals surface area contributed by atoms with Crippen molar-refractivity contribution in [1.82, 2.24) is 9.78 Å². The van der Waals surface area contributed by atoms with Gasteiger partial charge in [0.2, 0.25) is 0 Å². The second-order valence-electron chi connectivity index (χ2n) is 6.43. The molecular weight excluding hydrogens is 260 g/mol. The average Bonchev–Trinajstić information content (AvgIpc) is 2.98. The molecule has 1 aromatic heterocycles. The van der Waals surface area contributed by atoms with Crippen LogP contribution in [0.5, 0.6) is 0 Å². The molecule has 2 unspecified atom stereocenters. The Balaban J connectivity index is 1.77. The molecule has 0 radical (unpaired) electrons. The largest absolute Gasteiger partial charge is 0.377 e. The van der Waals surface area contributed by atoms with Gasteiger partial charge >= 0.3 is 0 Å². The van der Waals surface area contributed by atoms with Crippen molar-refractivity contribution >= 4 is 11.6 Å². The van der Waals surface area contributed by atoms with Gasteiger partial charge in [0.05, 0.1) is 11.8 Å². The minimum atomic E-state index is 0.110. The number of hydrogen-bond acceptors (Lipinski definition) is 2. The SMILES string of the molecule is CC(C)n1ccc(CC2(CCl)CCOC2C2CC2)n1. The Morgan fingerprint density at radius 3 is 2.89 bits per heavy atom. The van der Waals surface area contributed by atoms with E-state index in [2.05, 4.69) is 31.2 Å². The van der Waals surface area contributed by atoms with Crippen molar-refractivity contribution in [3.05, 3.63) is 18.0 Å². The first kappa shape index (κ1) is 13.4. The molecule has 3 nitrogen and oxygen atoms in total. The van der Waals surface area contributed by atoms with Gasteiger partial charge in [0.15, 0.2) is 0 Å². The van der Waals surface area contributed by atoms with Crippen LogP contribution in [0.3, 0.4) is 0 Å². The number of ether oxygens (including phenoxy) is 1. The van der Waals surface area contributed by atoms with Gasteiger partial charge in [-0.2, -0.15) is 5.10 Å². The van der Waals surface area contributed by atoms with Crippen molar-refractivity contribution in [3.63, 3.8) is 0 Å². The zero-order valence-electron chi connectivity index (χ0n) is 11.8. The van der Waals surface area contributed by atoms with Crippen LogP contribution in [-0.2, 0) is 11.2 Å². The molecule has 1 aliphatic heterocycles. The monoisotopic (exact) mass is 282 g/mol. The average molecular weight is 283 g/mol. The summed E-state index contributed by atoms with van der Waals surface area (Å²) in [6, 6.07) is 2.55. The van der Waals surface area contributed by atoms with Crippen molar-refractivity contribution < 1.29 is 4.74 Å². The third-order valence-electron chi connectivity index (χ3n) is 4.54. The Bertz CT molecular complexity index is 441. The molecule has 0 bridgehead atoms. The van der Waals surface area contributed by atoms with E-state index < -0.39 is 0 Å². The number of rotatable bonds is 5. The Morgan fingerprint density at radius 1 is 1.53 bits per heavy atom. The summed E-state index contributed by atoms with van der Waals surface area (Å²) in [5, 5.41) is 4.68. The van der Waals surface area contributed by atoms with Crippen molar-refractivity contribution in [3.8, 4) is 0 Å². The highest BCUT2D eigenvalue weighted by Gasteiger charge is 2.50. The van der Waals surface area contributed by atoms with Gasteiger partial charge in [-0.05, 0) is 45.1 Å². The number of halogens is 1. The van der Waals surface area contributed by atoms with Gasteiger partial charge in [0.1, 0.15) is 0 Å². The molecule has 4 heteroatoms. The summed E-state index contributed by atoms with van der Waals surface area (Å²) in [5.41, 5.74) is 1.27. The summed E-state index contributed by atoms with van der Waals surface area (Å²) < 4.78 is 8.02. The number of hydrogen-bond donors (Lipinski definition) is 0. The summed E-state index contributed by atoms with van der Waals surface area (Å²) in [6.07, 6.45) is 7.08. The predicted molar refractivity (Wildman–Crippen MR) is 76.6 cm³/mol. The van der Waals surface area contributed by atoms with Crippen LogP contribution in [-0.4, -0.2) is 28.4 Å². The minimum Gasteiger partial charge on any atom is -0.377 e. The molecule has 3 rings (SSSR count). The van der Waals surface area contributed by atoms with Gasteiger partial charge < -0.3 is 4.74 Å². The first-order valence-electron chi connectivity index (χ1n) is 7.36. The first-order chi connectivity index (χ1) is 9.14. The van der Waals surface area contributed by atoms with Gasteiger partial charge in [-0.3, -0.25) is 4.68 Å². The number of nitrogens with zero attached hydrogens (tertiary/aromatic N) is 2. The Labute approximate surface area is 120 Å². The van der Waals surface area contributed by atoms with Crippen LogP contribution in [0.15, 0.2) is 12.3 Å². The van der Waals surface area contributed by atoms with Crippen LogP contribution in [0.25, 0.3) is 0 Å². The van der Waals surface area contributed by atoms with Gasteiger partial charge in [-0.1, -0.05) is 0 Å². The Morgan fingerprint density at radius 2 is 2.32 bits per heavy atom. The molecule has 2 heterocycles. The summed E-state index contributed by atoms with van der Waals surface area (Å²) in [5.74, 6) is 1.43. The second-order valence-corrected chi connectivity index (χ2v) is 6.70. The molecule has 1 aromatic rings. The number of alkyl halides is 1. The highest BCUT2D eigenvalue weighted by atomic mass is 35.5. The van der Waals surface area contributed by atoms with E-state index >= 15 is 0 Å². The van der Waals surface area contributed by atoms with Crippen molar-refractivity contribution in [2.45, 2.75) is 51.7 Å². The molecule has 2 fully saturated rings. The lowest BCUT2D eigenvalue weighted by Gasteiger charge is -2.31. The lowest BCUT2D eigenvalue weighted by Crippen LogP contribution is -2.36. The van der Waals surface area contributed by atoms with Gasteiger partial charge in [-0.25, -0.2) is 0 Å². The highest BCUT2D eigenvalue weighted by molar-refractivity contribution is 6.18. The normalized spacial score (nSPS) is 31.3. The van der Waals surface area contributed by atoms with E-state index in [1.54, 1.807) is 0 Å². The smallest absolute Gasteiger partial charge is 0.0675 e. The lowest BCUT2D eigenvalue weighted by atomic mass is 9.77. The van der Waals surface area contributed by atoms with Crippen LogP contribution >= 0.6 is 11.6 Å². The van der Waals surface area contributed by atoms with E-state index in [4.69, 9.17) is 16.3 Å². The molecule has 2 aliphatic rings. The van der Waals surface area contributed by atoms with Crippen LogP contribution in [0.4, 0.5) is 0 Å². The van der Waals surface area contributed by atoms with Crippen LogP contribution in [0, 0.1) is 11.3 Å². The quantitative estimate of drug-likeness (QED) is 0.774. The van der Waals surface area contributed by atoms with Crippen LogP contribution in [0.1, 0.15) is 44.8 Å². The van der Waals surface area contributed by atoms with E-state index in [1.165, 1.54) is 12.8 Å². The molecule has 1 saturated heterocycles. The summed E-state index contributed by atoms with van der Waals surface area (Å²) in [4.78, 5) is 0. The van der Waals surface area contributed by atoms with Crippen LogP contribution in [0.2, 0.25) is 0 Å². The van der Waals surface area contributed by atoms with E-state index in [1.807, 2.05) is 4.68 Å². The zero-order chi connectivity index (χ0) is 13.5. The third-order valence-corrected chi connectivity index (χ3v) is 5.08. The first-order valence-corrected chi connectivity index (χ1v) is 7.90. The summed E-state index contributed by atoms with van der Waals surface area (Å²) in [6.45, 7) is 5.17. The molecular formula is C15H23ClN2O. The van der Waals surface area contributed by atoms with E-state index in [-0.39, 0.29) is 5.41 Å². The molecule has 19 heavy (non-hydrogen) atoms. The topological polar surface area (TPSA) is 27.1 Å². The second kappa shape index (κ2) is 5.10. The molecule has 2 atom stereocenters. The third kappa shape index (κ3) is 2.55. The molecule has 0 N–H and O–H groups in total. The van der Waals surface area contributed by atoms with Crippen molar-refractivity contribution in [2.24, 2.45) is 11.3 Å². The van der Waals surface area contributed by atoms with E-state index in [9.17, 15) is 0 Å². The zero-order valence-corrected chi connectivity index (χ0v) is 12.6. The maximum Gasteiger partial charge on any atom is 0.0675 e. The predicted octanol–water partition coefficient (Wildman–Crippen LogP) is 3.43. The van der Waals surface area contributed by atoms with Crippen molar-refractivity contribution in [1.29, 1.82) is 0 Å². The summed E-state index contributed by atoms with van der Waals surface area (Å²) >= 11 is 6.34. The Kier molecular flexibility index (Phi) is 3.61. The van der Waals surface area contributed by atoms with Crippen LogP contribution < -0.4 is 0 Å². The maximum absolute atomic E-state index is 6.34. The minimum absolute atomic E-state index is 0.110. The van der Waals surface area contributed by atoms with Crippen molar-refractivity contribution in [2.75, 3.05) is 12.5 Å².